The molecule has 0 radical (unpaired) electrons. The van der Waals surface area contributed by atoms with Crippen molar-refractivity contribution in [3.8, 4) is 0 Å². The maximum atomic E-state index is 4.92. The van der Waals surface area contributed by atoms with Crippen LogP contribution in [0.1, 0.15) is 5.56 Å². The van der Waals surface area contributed by atoms with Gasteiger partial charge in [-0.15, -0.1) is 0 Å². The van der Waals surface area contributed by atoms with Crippen molar-refractivity contribution in [1.29, 1.82) is 0 Å². The lowest BCUT2D eigenvalue weighted by Gasteiger charge is -1.91. The number of pyridine rings is 1. The van der Waals surface area contributed by atoms with Crippen LogP contribution in [-0.2, 0) is 11.4 Å². The quantitative estimate of drug-likeness (QED) is 0.556. The van der Waals surface area contributed by atoms with Gasteiger partial charge in [0.15, 0.2) is 0 Å². The van der Waals surface area contributed by atoms with E-state index in [4.69, 9.17) is 4.84 Å². The Labute approximate surface area is 52.6 Å². The Morgan fingerprint density at radius 2 is 2.67 bits per heavy atom. The van der Waals surface area contributed by atoms with E-state index < -0.39 is 0 Å². The van der Waals surface area contributed by atoms with E-state index in [1.54, 1.807) is 12.4 Å². The fourth-order valence-electron chi connectivity index (χ4n) is 0.833. The van der Waals surface area contributed by atoms with Gasteiger partial charge < -0.3 is 0 Å². The summed E-state index contributed by atoms with van der Waals surface area (Å²) < 4.78 is 0. The largest absolute Gasteiger partial charge is 0.271 e. The van der Waals surface area contributed by atoms with Gasteiger partial charge in [-0.1, -0.05) is 0 Å². The van der Waals surface area contributed by atoms with Crippen LogP contribution in [0.5, 0.6) is 0 Å². The van der Waals surface area contributed by atoms with Crippen LogP contribution in [0.15, 0.2) is 18.5 Å². The van der Waals surface area contributed by atoms with Gasteiger partial charge in [-0.05, 0) is 6.07 Å². The molecule has 0 amide bonds. The highest BCUT2D eigenvalue weighted by Gasteiger charge is 2.07. The van der Waals surface area contributed by atoms with E-state index in [-0.39, 0.29) is 0 Å². The van der Waals surface area contributed by atoms with Gasteiger partial charge in [0.05, 0.1) is 5.69 Å². The summed E-state index contributed by atoms with van der Waals surface area (Å²) in [6, 6.07) is 1.89. The summed E-state index contributed by atoms with van der Waals surface area (Å²) in [5.41, 5.74) is 4.92. The van der Waals surface area contributed by atoms with Crippen LogP contribution in [0.3, 0.4) is 0 Å². The summed E-state index contributed by atoms with van der Waals surface area (Å²) in [6.07, 6.45) is 3.54. The fourth-order valence-corrected chi connectivity index (χ4v) is 0.833. The van der Waals surface area contributed by atoms with Crippen molar-refractivity contribution in [2.75, 3.05) is 5.48 Å². The first-order valence-electron chi connectivity index (χ1n) is 2.77. The highest BCUT2D eigenvalue weighted by atomic mass is 16.6. The molecule has 0 saturated carbocycles. The molecule has 1 aromatic heterocycles. The van der Waals surface area contributed by atoms with Crippen molar-refractivity contribution in [3.63, 3.8) is 0 Å². The minimum Gasteiger partial charge on any atom is -0.271 e. The lowest BCUT2D eigenvalue weighted by Crippen LogP contribution is -1.86. The average molecular weight is 122 g/mol. The molecule has 3 nitrogen and oxygen atoms in total. The number of hydrogen-bond donors (Lipinski definition) is 1. The normalized spacial score (nSPS) is 14.7. The van der Waals surface area contributed by atoms with Gasteiger partial charge in [-0.3, -0.25) is 15.3 Å². The van der Waals surface area contributed by atoms with Crippen molar-refractivity contribution >= 4 is 5.69 Å². The molecular weight excluding hydrogens is 116 g/mol. The molecule has 0 fully saturated rings. The zero-order valence-electron chi connectivity index (χ0n) is 4.79. The van der Waals surface area contributed by atoms with Crippen LogP contribution in [0.2, 0.25) is 0 Å². The molecule has 0 spiro atoms. The van der Waals surface area contributed by atoms with Crippen molar-refractivity contribution in [2.45, 2.75) is 6.61 Å². The first-order valence-corrected chi connectivity index (χ1v) is 2.77. The number of anilines is 1. The van der Waals surface area contributed by atoms with Gasteiger partial charge in [0.25, 0.3) is 0 Å². The Morgan fingerprint density at radius 3 is 3.56 bits per heavy atom. The second kappa shape index (κ2) is 1.70. The third-order valence-corrected chi connectivity index (χ3v) is 1.31. The topological polar surface area (TPSA) is 34.1 Å². The Kier molecular flexibility index (Phi) is 0.899. The molecule has 1 aliphatic rings. The summed E-state index contributed by atoms with van der Waals surface area (Å²) in [5, 5.41) is 0. The molecule has 0 aromatic carbocycles. The molecule has 0 unspecified atom stereocenters. The second-order valence-corrected chi connectivity index (χ2v) is 1.92. The molecule has 1 N–H and O–H groups in total. The van der Waals surface area contributed by atoms with Gasteiger partial charge in [-0.25, -0.2) is 0 Å². The lowest BCUT2D eigenvalue weighted by molar-refractivity contribution is 0.202. The Balaban J connectivity index is 2.54. The molecule has 0 bridgehead atoms. The second-order valence-electron chi connectivity index (χ2n) is 1.92. The maximum Gasteiger partial charge on any atom is 0.103 e. The van der Waals surface area contributed by atoms with Gasteiger partial charge in [-0.2, -0.15) is 0 Å². The molecule has 0 saturated heterocycles. The average Bonchev–Trinajstić information content (AvgIpc) is 2.33. The van der Waals surface area contributed by atoms with E-state index in [1.165, 1.54) is 0 Å². The predicted octanol–water partition coefficient (Wildman–Crippen LogP) is 0.939. The zero-order valence-corrected chi connectivity index (χ0v) is 4.79. The molecule has 0 atom stereocenters. The Morgan fingerprint density at radius 1 is 1.67 bits per heavy atom. The highest BCUT2D eigenvalue weighted by molar-refractivity contribution is 5.49. The summed E-state index contributed by atoms with van der Waals surface area (Å²) in [7, 11) is 0. The summed E-state index contributed by atoms with van der Waals surface area (Å²) >= 11 is 0. The van der Waals surface area contributed by atoms with Crippen molar-refractivity contribution in [3.05, 3.63) is 24.0 Å². The summed E-state index contributed by atoms with van der Waals surface area (Å²) in [6.45, 7) is 0.628. The molecule has 3 heteroatoms. The number of aromatic nitrogens is 1. The molecular formula is C6H6N2O. The van der Waals surface area contributed by atoms with E-state index in [1.807, 2.05) is 6.07 Å². The van der Waals surface area contributed by atoms with Crippen LogP contribution in [-0.4, -0.2) is 4.98 Å². The molecule has 0 aliphatic carbocycles. The lowest BCUT2D eigenvalue weighted by atomic mass is 10.3. The Hall–Kier alpha value is -1.09. The van der Waals surface area contributed by atoms with Gasteiger partial charge >= 0.3 is 0 Å². The third kappa shape index (κ3) is 0.658. The maximum absolute atomic E-state index is 4.92. The Bertz CT molecular complexity index is 201. The van der Waals surface area contributed by atoms with Crippen LogP contribution in [0.4, 0.5) is 5.69 Å². The number of nitrogens with zero attached hydrogens (tertiary/aromatic N) is 1. The van der Waals surface area contributed by atoms with Crippen molar-refractivity contribution in [1.82, 2.24) is 4.98 Å². The molecule has 46 valence electrons. The fraction of sp³-hybridized carbons (Fsp3) is 0.167. The molecule has 2 heterocycles. The molecule has 2 rings (SSSR count). The van der Waals surface area contributed by atoms with Gasteiger partial charge in [0.2, 0.25) is 0 Å². The minimum absolute atomic E-state index is 0.628. The minimum atomic E-state index is 0.628. The van der Waals surface area contributed by atoms with Crippen LogP contribution in [0.25, 0.3) is 0 Å². The molecule has 1 aliphatic heterocycles. The SMILES string of the molecule is c1cc2c(cn1)CON2. The van der Waals surface area contributed by atoms with E-state index in [2.05, 4.69) is 10.5 Å². The van der Waals surface area contributed by atoms with E-state index in [0.29, 0.717) is 6.61 Å². The first kappa shape index (κ1) is 4.76. The third-order valence-electron chi connectivity index (χ3n) is 1.31. The number of fused-ring (bicyclic) bond motifs is 1. The zero-order chi connectivity index (χ0) is 6.10. The number of rotatable bonds is 0. The van der Waals surface area contributed by atoms with Crippen molar-refractivity contribution in [2.24, 2.45) is 0 Å². The van der Waals surface area contributed by atoms with E-state index in [9.17, 15) is 0 Å². The van der Waals surface area contributed by atoms with Gasteiger partial charge in [0, 0.05) is 18.0 Å². The van der Waals surface area contributed by atoms with E-state index >= 15 is 0 Å². The highest BCUT2D eigenvalue weighted by Crippen LogP contribution is 2.19. The summed E-state index contributed by atoms with van der Waals surface area (Å²) in [5.74, 6) is 0. The molecule has 1 aromatic rings. The van der Waals surface area contributed by atoms with Gasteiger partial charge in [0.1, 0.15) is 6.61 Å². The number of nitrogens with one attached hydrogen (secondary N) is 1. The number of hydrogen-bond acceptors (Lipinski definition) is 3. The molecule has 9 heavy (non-hydrogen) atoms. The first-order chi connectivity index (χ1) is 4.47. The van der Waals surface area contributed by atoms with E-state index in [0.717, 1.165) is 11.3 Å². The monoisotopic (exact) mass is 122 g/mol. The standard InChI is InChI=1S/C6H6N2O/c1-2-7-3-5-4-9-8-6(1)5/h1-3,8H,4H2. The van der Waals surface area contributed by atoms with Crippen molar-refractivity contribution < 1.29 is 4.84 Å². The summed E-state index contributed by atoms with van der Waals surface area (Å²) in [4.78, 5) is 8.86. The van der Waals surface area contributed by atoms with Crippen LogP contribution < -0.4 is 5.48 Å². The predicted molar refractivity (Wildman–Crippen MR) is 32.6 cm³/mol. The van der Waals surface area contributed by atoms with Crippen LogP contribution in [0, 0.1) is 0 Å². The van der Waals surface area contributed by atoms with Crippen LogP contribution >= 0.6 is 0 Å². The smallest absolute Gasteiger partial charge is 0.103 e.